The van der Waals surface area contributed by atoms with Crippen molar-refractivity contribution < 1.29 is 18.0 Å². The minimum absolute atomic E-state index is 0.209. The van der Waals surface area contributed by atoms with Gasteiger partial charge < -0.3 is 9.88 Å². The van der Waals surface area contributed by atoms with Crippen LogP contribution in [0.5, 0.6) is 0 Å². The van der Waals surface area contributed by atoms with Gasteiger partial charge in [-0.3, -0.25) is 4.79 Å². The van der Waals surface area contributed by atoms with Crippen molar-refractivity contribution in [3.8, 4) is 0 Å². The maximum Gasteiger partial charge on any atom is 0.449 e. The zero-order chi connectivity index (χ0) is 18.0. The molecule has 7 heteroatoms. The van der Waals surface area contributed by atoms with E-state index in [0.717, 1.165) is 15.7 Å². The molecule has 0 atom stereocenters. The summed E-state index contributed by atoms with van der Waals surface area (Å²) in [4.78, 5) is 15.8. The number of nitrogens with zero attached hydrogens (tertiary/aromatic N) is 2. The summed E-state index contributed by atoms with van der Waals surface area (Å²) in [5, 5.41) is 2.65. The molecule has 0 radical (unpaired) electrons. The number of nitrogens with one attached hydrogen (secondary N) is 1. The number of amides is 1. The first-order chi connectivity index (χ1) is 11.8. The van der Waals surface area contributed by atoms with Gasteiger partial charge in [0.2, 0.25) is 11.7 Å². The molecule has 0 aliphatic rings. The molecule has 0 spiro atoms. The van der Waals surface area contributed by atoms with Gasteiger partial charge >= 0.3 is 6.18 Å². The quantitative estimate of drug-likeness (QED) is 0.783. The number of aryl methyl sites for hydroxylation is 1. The van der Waals surface area contributed by atoms with Crippen molar-refractivity contribution in [1.29, 1.82) is 0 Å². The van der Waals surface area contributed by atoms with Crippen LogP contribution in [-0.2, 0) is 24.1 Å². The van der Waals surface area contributed by atoms with Gasteiger partial charge in [-0.1, -0.05) is 42.0 Å². The summed E-state index contributed by atoms with van der Waals surface area (Å²) in [6.07, 6.45) is -4.63. The Balaban J connectivity index is 1.79. The van der Waals surface area contributed by atoms with Gasteiger partial charge in [-0.2, -0.15) is 13.2 Å². The third-order valence-electron chi connectivity index (χ3n) is 3.82. The smallest absolute Gasteiger partial charge is 0.350 e. The summed E-state index contributed by atoms with van der Waals surface area (Å²) in [5.74, 6) is -1.58. The number of para-hydroxylation sites is 2. The fourth-order valence-electron chi connectivity index (χ4n) is 2.56. The molecule has 4 nitrogen and oxygen atoms in total. The van der Waals surface area contributed by atoms with Crippen molar-refractivity contribution in [2.75, 3.05) is 0 Å². The van der Waals surface area contributed by atoms with Crippen LogP contribution in [0, 0.1) is 6.92 Å². The van der Waals surface area contributed by atoms with E-state index in [1.807, 2.05) is 31.2 Å². The van der Waals surface area contributed by atoms with Gasteiger partial charge in [-0.15, -0.1) is 0 Å². The fraction of sp³-hybridized carbons (Fsp3) is 0.222. The SMILES string of the molecule is Cc1ccc(CNC(=O)Cn2c(C(F)(F)F)nc3ccccc32)cc1. The minimum atomic E-state index is -4.63. The lowest BCUT2D eigenvalue weighted by Gasteiger charge is -2.12. The second-order valence-electron chi connectivity index (χ2n) is 5.77. The predicted octanol–water partition coefficient (Wildman–Crippen LogP) is 3.68. The van der Waals surface area contributed by atoms with Crippen molar-refractivity contribution in [2.45, 2.75) is 26.2 Å². The number of fused-ring (bicyclic) bond motifs is 1. The molecule has 0 aliphatic carbocycles. The van der Waals surface area contributed by atoms with Crippen LogP contribution in [-0.4, -0.2) is 15.5 Å². The Hall–Kier alpha value is -2.83. The van der Waals surface area contributed by atoms with E-state index in [4.69, 9.17) is 0 Å². The molecule has 130 valence electrons. The zero-order valence-corrected chi connectivity index (χ0v) is 13.5. The van der Waals surface area contributed by atoms with Crippen LogP contribution in [0.3, 0.4) is 0 Å². The van der Waals surface area contributed by atoms with Gasteiger partial charge in [0.05, 0.1) is 11.0 Å². The number of alkyl halides is 3. The molecule has 1 aromatic heterocycles. The van der Waals surface area contributed by atoms with Crippen molar-refractivity contribution in [1.82, 2.24) is 14.9 Å². The van der Waals surface area contributed by atoms with Crippen LogP contribution in [0.1, 0.15) is 17.0 Å². The van der Waals surface area contributed by atoms with E-state index in [-0.39, 0.29) is 17.6 Å². The van der Waals surface area contributed by atoms with Crippen LogP contribution < -0.4 is 5.32 Å². The highest BCUT2D eigenvalue weighted by atomic mass is 19.4. The van der Waals surface area contributed by atoms with E-state index in [0.29, 0.717) is 0 Å². The third-order valence-corrected chi connectivity index (χ3v) is 3.82. The van der Waals surface area contributed by atoms with E-state index < -0.39 is 24.5 Å². The summed E-state index contributed by atoms with van der Waals surface area (Å²) in [7, 11) is 0. The second kappa shape index (κ2) is 6.58. The summed E-state index contributed by atoms with van der Waals surface area (Å²) in [6, 6.07) is 13.8. The van der Waals surface area contributed by atoms with Crippen molar-refractivity contribution in [2.24, 2.45) is 0 Å². The van der Waals surface area contributed by atoms with Crippen LogP contribution in [0.15, 0.2) is 48.5 Å². The first-order valence-corrected chi connectivity index (χ1v) is 7.69. The predicted molar refractivity (Wildman–Crippen MR) is 87.8 cm³/mol. The average molecular weight is 347 g/mol. The summed E-state index contributed by atoms with van der Waals surface area (Å²) >= 11 is 0. The van der Waals surface area contributed by atoms with E-state index in [1.165, 1.54) is 12.1 Å². The number of imidazole rings is 1. The molecule has 0 fully saturated rings. The maximum absolute atomic E-state index is 13.2. The number of rotatable bonds is 4. The number of aromatic nitrogens is 2. The van der Waals surface area contributed by atoms with Gasteiger partial charge in [0.15, 0.2) is 0 Å². The van der Waals surface area contributed by atoms with Crippen LogP contribution in [0.4, 0.5) is 13.2 Å². The Kier molecular flexibility index (Phi) is 4.48. The summed E-state index contributed by atoms with van der Waals surface area (Å²) < 4.78 is 40.5. The van der Waals surface area contributed by atoms with E-state index in [9.17, 15) is 18.0 Å². The van der Waals surface area contributed by atoms with Gasteiger partial charge in [0, 0.05) is 6.54 Å². The number of halogens is 3. The largest absolute Gasteiger partial charge is 0.449 e. The summed E-state index contributed by atoms with van der Waals surface area (Å²) in [6.45, 7) is 1.76. The lowest BCUT2D eigenvalue weighted by Crippen LogP contribution is -2.29. The molecule has 0 saturated carbocycles. The van der Waals surface area contributed by atoms with Crippen LogP contribution >= 0.6 is 0 Å². The lowest BCUT2D eigenvalue weighted by molar-refractivity contribution is -0.147. The van der Waals surface area contributed by atoms with Crippen LogP contribution in [0.2, 0.25) is 0 Å². The van der Waals surface area contributed by atoms with Gasteiger partial charge in [-0.05, 0) is 24.6 Å². The van der Waals surface area contributed by atoms with Crippen molar-refractivity contribution in [3.05, 3.63) is 65.5 Å². The molecular weight excluding hydrogens is 331 g/mol. The topological polar surface area (TPSA) is 46.9 Å². The van der Waals surface area contributed by atoms with Crippen molar-refractivity contribution >= 4 is 16.9 Å². The molecule has 0 aliphatic heterocycles. The molecule has 0 saturated heterocycles. The molecule has 1 amide bonds. The second-order valence-corrected chi connectivity index (χ2v) is 5.77. The van der Waals surface area contributed by atoms with E-state index in [2.05, 4.69) is 10.3 Å². The lowest BCUT2D eigenvalue weighted by atomic mass is 10.1. The average Bonchev–Trinajstić information content (AvgIpc) is 2.93. The number of carbonyl (C=O) groups is 1. The number of carbonyl (C=O) groups excluding carboxylic acids is 1. The Morgan fingerprint density at radius 2 is 1.80 bits per heavy atom. The van der Waals surface area contributed by atoms with Gasteiger partial charge in [0.25, 0.3) is 0 Å². The highest BCUT2D eigenvalue weighted by Gasteiger charge is 2.37. The Morgan fingerprint density at radius 1 is 1.12 bits per heavy atom. The normalized spacial score (nSPS) is 11.7. The monoisotopic (exact) mass is 347 g/mol. The molecule has 2 aromatic carbocycles. The molecule has 0 bridgehead atoms. The minimum Gasteiger partial charge on any atom is -0.350 e. The molecule has 1 heterocycles. The van der Waals surface area contributed by atoms with Crippen LogP contribution in [0.25, 0.3) is 11.0 Å². The number of hydrogen-bond donors (Lipinski definition) is 1. The third kappa shape index (κ3) is 3.81. The Labute approximate surface area is 142 Å². The number of benzene rings is 2. The molecule has 25 heavy (non-hydrogen) atoms. The van der Waals surface area contributed by atoms with Gasteiger partial charge in [-0.25, -0.2) is 4.98 Å². The fourth-order valence-corrected chi connectivity index (χ4v) is 2.56. The van der Waals surface area contributed by atoms with E-state index >= 15 is 0 Å². The molecule has 3 aromatic rings. The molecule has 0 unspecified atom stereocenters. The molecular formula is C18H16F3N3O. The first-order valence-electron chi connectivity index (χ1n) is 7.69. The van der Waals surface area contributed by atoms with E-state index in [1.54, 1.807) is 12.1 Å². The number of hydrogen-bond acceptors (Lipinski definition) is 2. The molecule has 3 rings (SSSR count). The standard InChI is InChI=1S/C18H16F3N3O/c1-12-6-8-13(9-7-12)10-22-16(25)11-24-15-5-3-2-4-14(15)23-17(24)18(19,20)21/h2-9H,10-11H2,1H3,(H,22,25). The van der Waals surface area contributed by atoms with Gasteiger partial charge in [0.1, 0.15) is 6.54 Å². The Bertz CT molecular complexity index is 898. The highest BCUT2D eigenvalue weighted by molar-refractivity contribution is 5.81. The zero-order valence-electron chi connectivity index (χ0n) is 13.5. The Morgan fingerprint density at radius 3 is 2.48 bits per heavy atom. The maximum atomic E-state index is 13.2. The van der Waals surface area contributed by atoms with Crippen molar-refractivity contribution in [3.63, 3.8) is 0 Å². The first kappa shape index (κ1) is 17.0. The summed E-state index contributed by atoms with van der Waals surface area (Å²) in [5.41, 5.74) is 2.46. The highest BCUT2D eigenvalue weighted by Crippen LogP contribution is 2.31. The molecule has 1 N–H and O–H groups in total.